The van der Waals surface area contributed by atoms with Gasteiger partial charge in [-0.05, 0) is 44.0 Å². The Morgan fingerprint density at radius 2 is 1.81 bits per heavy atom. The maximum absolute atomic E-state index is 13.2. The number of aromatic amines is 1. The zero-order valence-electron chi connectivity index (χ0n) is 20.6. The Morgan fingerprint density at radius 3 is 2.50 bits per heavy atom. The molecule has 4 aromatic rings. The number of para-hydroxylation sites is 1. The highest BCUT2D eigenvalue weighted by Crippen LogP contribution is 2.30. The number of nitrogens with zero attached hydrogens (tertiary/aromatic N) is 1. The average Bonchev–Trinajstić information content (AvgIpc) is 3.27. The lowest BCUT2D eigenvalue weighted by Gasteiger charge is -2.27. The van der Waals surface area contributed by atoms with Gasteiger partial charge < -0.3 is 25.9 Å². The highest BCUT2D eigenvalue weighted by atomic mass is 16.6. The number of aromatic nitrogens is 2. The number of pyridine rings is 1. The maximum atomic E-state index is 13.2. The molecule has 0 saturated carbocycles. The van der Waals surface area contributed by atoms with Crippen molar-refractivity contribution in [1.29, 1.82) is 5.41 Å². The summed E-state index contributed by atoms with van der Waals surface area (Å²) in [6.07, 6.45) is 5.15. The summed E-state index contributed by atoms with van der Waals surface area (Å²) in [5, 5.41) is 8.51. The molecule has 0 aliphatic heterocycles. The van der Waals surface area contributed by atoms with Crippen molar-refractivity contribution in [1.82, 2.24) is 9.97 Å². The Balaban J connectivity index is 1.57. The SMILES string of the molecule is CC(C)(C)OC(=O)[C@@H](COc1cncc(-c2ccc(C(=N)N)cc2)c1)C(N)c1c[nH]c2ccccc12. The fourth-order valence-electron chi connectivity index (χ4n) is 3.97. The van der Waals surface area contributed by atoms with Gasteiger partial charge in [-0.3, -0.25) is 15.2 Å². The second-order valence-electron chi connectivity index (χ2n) is 9.67. The topological polar surface area (TPSA) is 140 Å². The van der Waals surface area contributed by atoms with Gasteiger partial charge in [0.05, 0.1) is 6.20 Å². The third kappa shape index (κ3) is 5.72. The van der Waals surface area contributed by atoms with Crippen LogP contribution >= 0.6 is 0 Å². The molecule has 1 unspecified atom stereocenters. The van der Waals surface area contributed by atoms with Gasteiger partial charge in [0.2, 0.25) is 0 Å². The molecule has 36 heavy (non-hydrogen) atoms. The maximum Gasteiger partial charge on any atom is 0.314 e. The number of nitrogens with one attached hydrogen (secondary N) is 2. The number of benzene rings is 2. The van der Waals surface area contributed by atoms with E-state index in [1.165, 1.54) is 0 Å². The Hall–Kier alpha value is -4.17. The molecule has 6 N–H and O–H groups in total. The molecule has 0 aliphatic carbocycles. The number of hydrogen-bond acceptors (Lipinski definition) is 6. The van der Waals surface area contributed by atoms with Gasteiger partial charge in [-0.25, -0.2) is 0 Å². The van der Waals surface area contributed by atoms with Gasteiger partial charge in [-0.15, -0.1) is 0 Å². The lowest BCUT2D eigenvalue weighted by atomic mass is 9.93. The number of ether oxygens (including phenoxy) is 2. The number of esters is 1. The number of hydrogen-bond donors (Lipinski definition) is 4. The summed E-state index contributed by atoms with van der Waals surface area (Å²) >= 11 is 0. The van der Waals surface area contributed by atoms with Crippen molar-refractivity contribution >= 4 is 22.7 Å². The zero-order chi connectivity index (χ0) is 25.9. The number of carbonyl (C=O) groups is 1. The van der Waals surface area contributed by atoms with E-state index in [0.717, 1.165) is 27.6 Å². The second kappa shape index (κ2) is 10.2. The highest BCUT2D eigenvalue weighted by molar-refractivity contribution is 5.95. The van der Waals surface area contributed by atoms with Gasteiger partial charge >= 0.3 is 5.97 Å². The van der Waals surface area contributed by atoms with E-state index < -0.39 is 23.5 Å². The normalized spacial score (nSPS) is 13.2. The van der Waals surface area contributed by atoms with E-state index in [1.807, 2.05) is 69.4 Å². The third-order valence-corrected chi connectivity index (χ3v) is 5.80. The highest BCUT2D eigenvalue weighted by Gasteiger charge is 2.33. The number of amidine groups is 1. The molecule has 0 saturated heterocycles. The van der Waals surface area contributed by atoms with Crippen LogP contribution in [-0.4, -0.2) is 34.0 Å². The van der Waals surface area contributed by atoms with E-state index in [-0.39, 0.29) is 12.4 Å². The molecule has 8 heteroatoms. The van der Waals surface area contributed by atoms with Crippen LogP contribution in [0.2, 0.25) is 0 Å². The number of nitrogens with two attached hydrogens (primary N) is 2. The summed E-state index contributed by atoms with van der Waals surface area (Å²) in [5.74, 6) is -0.662. The molecule has 0 amide bonds. The molecule has 8 nitrogen and oxygen atoms in total. The molecule has 186 valence electrons. The number of carbonyl (C=O) groups excluding carboxylic acids is 1. The van der Waals surface area contributed by atoms with Gasteiger partial charge in [0, 0.05) is 40.5 Å². The molecule has 0 spiro atoms. The van der Waals surface area contributed by atoms with Crippen LogP contribution in [0.4, 0.5) is 0 Å². The van der Waals surface area contributed by atoms with Gasteiger partial charge in [-0.1, -0.05) is 42.5 Å². The quantitative estimate of drug-likeness (QED) is 0.164. The van der Waals surface area contributed by atoms with Crippen molar-refractivity contribution in [2.24, 2.45) is 17.4 Å². The molecular formula is C28H31N5O3. The van der Waals surface area contributed by atoms with E-state index in [4.69, 9.17) is 26.4 Å². The van der Waals surface area contributed by atoms with Crippen LogP contribution in [0.25, 0.3) is 22.0 Å². The number of rotatable bonds is 8. The first-order chi connectivity index (χ1) is 17.1. The summed E-state index contributed by atoms with van der Waals surface area (Å²) in [5.41, 5.74) is 15.7. The van der Waals surface area contributed by atoms with Crippen LogP contribution in [-0.2, 0) is 9.53 Å². The van der Waals surface area contributed by atoms with Crippen LogP contribution < -0.4 is 16.2 Å². The molecule has 2 aromatic carbocycles. The van der Waals surface area contributed by atoms with Crippen molar-refractivity contribution in [3.8, 4) is 16.9 Å². The Labute approximate surface area is 210 Å². The lowest BCUT2D eigenvalue weighted by Crippen LogP contribution is -2.38. The number of fused-ring (bicyclic) bond motifs is 1. The zero-order valence-corrected chi connectivity index (χ0v) is 20.6. The first kappa shape index (κ1) is 24.9. The van der Waals surface area contributed by atoms with Crippen molar-refractivity contribution in [2.45, 2.75) is 32.4 Å². The molecular weight excluding hydrogens is 454 g/mol. The summed E-state index contributed by atoms with van der Waals surface area (Å²) in [7, 11) is 0. The smallest absolute Gasteiger partial charge is 0.314 e. The molecule has 2 heterocycles. The Bertz CT molecular complexity index is 1370. The van der Waals surface area contributed by atoms with Gasteiger partial charge in [0.1, 0.15) is 29.7 Å². The molecule has 4 rings (SSSR count). The molecule has 0 aliphatic rings. The van der Waals surface area contributed by atoms with Crippen LogP contribution in [0, 0.1) is 11.3 Å². The van der Waals surface area contributed by atoms with Crippen LogP contribution in [0.3, 0.4) is 0 Å². The lowest BCUT2D eigenvalue weighted by molar-refractivity contribution is -0.162. The van der Waals surface area contributed by atoms with Crippen molar-refractivity contribution in [3.05, 3.63) is 84.3 Å². The van der Waals surface area contributed by atoms with E-state index in [0.29, 0.717) is 11.3 Å². The molecule has 0 bridgehead atoms. The summed E-state index contributed by atoms with van der Waals surface area (Å²) < 4.78 is 11.7. The fourth-order valence-corrected chi connectivity index (χ4v) is 3.97. The van der Waals surface area contributed by atoms with E-state index >= 15 is 0 Å². The summed E-state index contributed by atoms with van der Waals surface area (Å²) in [4.78, 5) is 20.7. The molecule has 0 fully saturated rings. The largest absolute Gasteiger partial charge is 0.491 e. The third-order valence-electron chi connectivity index (χ3n) is 5.80. The number of H-pyrrole nitrogens is 1. The standard InChI is InChI=1S/C28H31N5O3/c1-28(2,3)36-27(34)23(25(29)22-15-33-24-7-5-4-6-21(22)24)16-35-20-12-19(13-32-14-20)17-8-10-18(11-9-17)26(30)31/h4-15,23,25,33H,16,29H2,1-3H3,(H3,30,31)/t23-,25?/m0/s1. The minimum Gasteiger partial charge on any atom is -0.491 e. The summed E-state index contributed by atoms with van der Waals surface area (Å²) in [6.45, 7) is 5.49. The van der Waals surface area contributed by atoms with Crippen molar-refractivity contribution in [2.75, 3.05) is 6.61 Å². The summed E-state index contributed by atoms with van der Waals surface area (Å²) in [6, 6.07) is 16.3. The predicted octanol–water partition coefficient (Wildman–Crippen LogP) is 4.55. The number of nitrogen functional groups attached to an aromatic ring is 1. The van der Waals surface area contributed by atoms with Crippen molar-refractivity contribution in [3.63, 3.8) is 0 Å². The van der Waals surface area contributed by atoms with E-state index in [9.17, 15) is 4.79 Å². The minimum atomic E-state index is -0.748. The van der Waals surface area contributed by atoms with Gasteiger partial charge in [0.15, 0.2) is 0 Å². The molecule has 0 radical (unpaired) electrons. The average molecular weight is 486 g/mol. The van der Waals surface area contributed by atoms with E-state index in [2.05, 4.69) is 9.97 Å². The monoisotopic (exact) mass is 485 g/mol. The fraction of sp³-hybridized carbons (Fsp3) is 0.250. The molecule has 2 aromatic heterocycles. The Morgan fingerprint density at radius 1 is 1.08 bits per heavy atom. The molecule has 2 atom stereocenters. The first-order valence-electron chi connectivity index (χ1n) is 11.7. The minimum absolute atomic E-state index is 0.0106. The van der Waals surface area contributed by atoms with Crippen LogP contribution in [0.15, 0.2) is 73.2 Å². The second-order valence-corrected chi connectivity index (χ2v) is 9.67. The first-order valence-corrected chi connectivity index (χ1v) is 11.7. The Kier molecular flexibility index (Phi) is 7.07. The van der Waals surface area contributed by atoms with Gasteiger partial charge in [0.25, 0.3) is 0 Å². The van der Waals surface area contributed by atoms with Gasteiger partial charge in [-0.2, -0.15) is 0 Å². The van der Waals surface area contributed by atoms with Crippen LogP contribution in [0.1, 0.15) is 37.9 Å². The van der Waals surface area contributed by atoms with Crippen molar-refractivity contribution < 1.29 is 14.3 Å². The predicted molar refractivity (Wildman–Crippen MR) is 141 cm³/mol. The van der Waals surface area contributed by atoms with E-state index in [1.54, 1.807) is 24.5 Å². The van der Waals surface area contributed by atoms with Crippen LogP contribution in [0.5, 0.6) is 5.75 Å².